The van der Waals surface area contributed by atoms with Crippen molar-refractivity contribution in [2.75, 3.05) is 7.11 Å². The zero-order chi connectivity index (χ0) is 22.4. The Bertz CT molecular complexity index is 1230. The van der Waals surface area contributed by atoms with Crippen LogP contribution >= 0.6 is 23.2 Å². The molecule has 0 aliphatic carbocycles. The predicted octanol–water partition coefficient (Wildman–Crippen LogP) is 6.15. The third-order valence-corrected chi connectivity index (χ3v) is 6.12. The van der Waals surface area contributed by atoms with Crippen LogP contribution in [0.2, 0.25) is 10.0 Å². The molecule has 2 heterocycles. The number of methoxy groups -OCH3 is 1. The molecule has 2 aliphatic heterocycles. The fourth-order valence-electron chi connectivity index (χ4n) is 4.05. The van der Waals surface area contributed by atoms with Crippen molar-refractivity contribution in [3.8, 4) is 11.5 Å². The van der Waals surface area contributed by atoms with Crippen LogP contribution in [0.5, 0.6) is 11.5 Å². The van der Waals surface area contributed by atoms with Gasteiger partial charge in [-0.05, 0) is 54.1 Å². The standard InChI is InChI=1S/C23H17Cl2N3O4/c1-31-17-8-4-13(5-9-17)20-12-21-18-10-15(24)11-19(25)22(18)32-23(27(21)26-20)14-2-6-16(7-3-14)28(29)30/h2-11,21,23H,12H2,1H3. The monoisotopic (exact) mass is 469 g/mol. The van der Waals surface area contributed by atoms with Crippen LogP contribution in [-0.4, -0.2) is 22.8 Å². The fraction of sp³-hybridized carbons (Fsp3) is 0.174. The molecule has 0 spiro atoms. The summed E-state index contributed by atoms with van der Waals surface area (Å²) in [6, 6.07) is 17.3. The molecule has 0 fully saturated rings. The minimum atomic E-state index is -0.595. The summed E-state index contributed by atoms with van der Waals surface area (Å²) in [6.07, 6.45) is 0.0331. The van der Waals surface area contributed by atoms with E-state index in [9.17, 15) is 10.1 Å². The molecule has 7 nitrogen and oxygen atoms in total. The smallest absolute Gasteiger partial charge is 0.269 e. The van der Waals surface area contributed by atoms with Crippen molar-refractivity contribution in [2.45, 2.75) is 18.7 Å². The molecule has 0 radical (unpaired) electrons. The summed E-state index contributed by atoms with van der Waals surface area (Å²) in [5.41, 5.74) is 3.45. The summed E-state index contributed by atoms with van der Waals surface area (Å²) >= 11 is 12.8. The largest absolute Gasteiger partial charge is 0.497 e. The van der Waals surface area contributed by atoms with Crippen LogP contribution in [0.1, 0.15) is 35.4 Å². The summed E-state index contributed by atoms with van der Waals surface area (Å²) < 4.78 is 11.5. The number of fused-ring (bicyclic) bond motifs is 3. The Hall–Kier alpha value is -3.29. The molecule has 2 unspecified atom stereocenters. The minimum absolute atomic E-state index is 0.00942. The van der Waals surface area contributed by atoms with Gasteiger partial charge in [-0.3, -0.25) is 10.1 Å². The molecular formula is C23H17Cl2N3O4. The van der Waals surface area contributed by atoms with E-state index >= 15 is 0 Å². The summed E-state index contributed by atoms with van der Waals surface area (Å²) in [4.78, 5) is 10.6. The molecule has 0 saturated heterocycles. The summed E-state index contributed by atoms with van der Waals surface area (Å²) in [7, 11) is 1.62. The van der Waals surface area contributed by atoms with Crippen LogP contribution in [0, 0.1) is 10.1 Å². The van der Waals surface area contributed by atoms with E-state index in [0.29, 0.717) is 22.2 Å². The molecular weight excluding hydrogens is 453 g/mol. The number of ether oxygens (including phenoxy) is 2. The van der Waals surface area contributed by atoms with Gasteiger partial charge in [0.25, 0.3) is 5.69 Å². The molecule has 0 N–H and O–H groups in total. The average molecular weight is 470 g/mol. The van der Waals surface area contributed by atoms with Crippen molar-refractivity contribution in [3.63, 3.8) is 0 Å². The minimum Gasteiger partial charge on any atom is -0.497 e. The van der Waals surface area contributed by atoms with Gasteiger partial charge < -0.3 is 9.47 Å². The lowest BCUT2D eigenvalue weighted by Crippen LogP contribution is -2.33. The van der Waals surface area contributed by atoms with Gasteiger partial charge in [0.1, 0.15) is 11.5 Å². The van der Waals surface area contributed by atoms with Crippen LogP contribution in [-0.2, 0) is 0 Å². The highest BCUT2D eigenvalue weighted by atomic mass is 35.5. The Labute approximate surface area is 193 Å². The highest BCUT2D eigenvalue weighted by Crippen LogP contribution is 2.50. The lowest BCUT2D eigenvalue weighted by Gasteiger charge is -2.38. The Kier molecular flexibility index (Phi) is 5.15. The zero-order valence-corrected chi connectivity index (χ0v) is 18.4. The third kappa shape index (κ3) is 3.53. The van der Waals surface area contributed by atoms with Gasteiger partial charge in [-0.2, -0.15) is 5.10 Å². The van der Waals surface area contributed by atoms with E-state index in [1.54, 1.807) is 25.3 Å². The Morgan fingerprint density at radius 3 is 2.50 bits per heavy atom. The van der Waals surface area contributed by atoms with Crippen LogP contribution in [0.25, 0.3) is 0 Å². The van der Waals surface area contributed by atoms with E-state index in [4.69, 9.17) is 37.8 Å². The van der Waals surface area contributed by atoms with Gasteiger partial charge >= 0.3 is 0 Å². The van der Waals surface area contributed by atoms with E-state index in [0.717, 1.165) is 28.2 Å². The van der Waals surface area contributed by atoms with Gasteiger partial charge in [0.2, 0.25) is 6.23 Å². The topological polar surface area (TPSA) is 77.2 Å². The second kappa shape index (κ2) is 8.00. The molecule has 162 valence electrons. The molecule has 9 heteroatoms. The molecule has 0 aromatic heterocycles. The molecule has 2 atom stereocenters. The highest BCUT2D eigenvalue weighted by Gasteiger charge is 2.42. The van der Waals surface area contributed by atoms with Crippen LogP contribution in [0.3, 0.4) is 0 Å². The number of nitrogens with zero attached hydrogens (tertiary/aromatic N) is 3. The number of nitro benzene ring substituents is 1. The second-order valence-electron chi connectivity index (χ2n) is 7.50. The number of rotatable bonds is 4. The van der Waals surface area contributed by atoms with E-state index in [-0.39, 0.29) is 11.7 Å². The van der Waals surface area contributed by atoms with Crippen molar-refractivity contribution in [1.82, 2.24) is 5.01 Å². The maximum atomic E-state index is 11.1. The molecule has 2 aliphatic rings. The SMILES string of the molecule is COc1ccc(C2=NN3C(C2)c2cc(Cl)cc(Cl)c2OC3c2ccc([N+](=O)[O-])cc2)cc1. The summed E-state index contributed by atoms with van der Waals surface area (Å²) in [5.74, 6) is 1.31. The van der Waals surface area contributed by atoms with Gasteiger partial charge in [-0.25, -0.2) is 5.01 Å². The molecule has 0 saturated carbocycles. The number of hydrazone groups is 1. The Morgan fingerprint density at radius 1 is 1.12 bits per heavy atom. The maximum Gasteiger partial charge on any atom is 0.269 e. The molecule has 0 amide bonds. The lowest BCUT2D eigenvalue weighted by atomic mass is 9.95. The number of hydrogen-bond acceptors (Lipinski definition) is 6. The van der Waals surface area contributed by atoms with E-state index in [1.165, 1.54) is 12.1 Å². The first-order valence-corrected chi connectivity index (χ1v) is 10.6. The highest BCUT2D eigenvalue weighted by molar-refractivity contribution is 6.35. The first-order chi connectivity index (χ1) is 15.4. The number of benzene rings is 3. The quantitative estimate of drug-likeness (QED) is 0.338. The zero-order valence-electron chi connectivity index (χ0n) is 16.9. The lowest BCUT2D eigenvalue weighted by molar-refractivity contribution is -0.384. The number of nitro groups is 1. The summed E-state index contributed by atoms with van der Waals surface area (Å²) in [6.45, 7) is 0. The van der Waals surface area contributed by atoms with Crippen molar-refractivity contribution in [2.24, 2.45) is 5.10 Å². The van der Waals surface area contributed by atoms with Crippen molar-refractivity contribution in [3.05, 3.63) is 97.5 Å². The van der Waals surface area contributed by atoms with Crippen molar-refractivity contribution in [1.29, 1.82) is 0 Å². The van der Waals surface area contributed by atoms with E-state index in [2.05, 4.69) is 0 Å². The van der Waals surface area contributed by atoms with Crippen molar-refractivity contribution >= 4 is 34.6 Å². The Morgan fingerprint density at radius 2 is 1.84 bits per heavy atom. The van der Waals surface area contributed by atoms with Gasteiger partial charge in [0.05, 0.1) is 28.8 Å². The average Bonchev–Trinajstić information content (AvgIpc) is 3.25. The molecule has 32 heavy (non-hydrogen) atoms. The molecule has 5 rings (SSSR count). The first kappa shape index (κ1) is 20.6. The van der Waals surface area contributed by atoms with Gasteiger partial charge in [0.15, 0.2) is 0 Å². The first-order valence-electron chi connectivity index (χ1n) is 9.85. The molecule has 3 aromatic rings. The maximum absolute atomic E-state index is 11.1. The molecule has 0 bridgehead atoms. The second-order valence-corrected chi connectivity index (χ2v) is 8.34. The van der Waals surface area contributed by atoms with Crippen LogP contribution in [0.15, 0.2) is 65.8 Å². The predicted molar refractivity (Wildman–Crippen MR) is 122 cm³/mol. The van der Waals surface area contributed by atoms with E-state index < -0.39 is 11.2 Å². The Balaban J connectivity index is 1.58. The number of halogens is 2. The van der Waals surface area contributed by atoms with Gasteiger partial charge in [-0.1, -0.05) is 23.2 Å². The third-order valence-electron chi connectivity index (χ3n) is 5.62. The van der Waals surface area contributed by atoms with Crippen LogP contribution in [0.4, 0.5) is 5.69 Å². The van der Waals surface area contributed by atoms with Gasteiger partial charge in [0, 0.05) is 34.7 Å². The summed E-state index contributed by atoms with van der Waals surface area (Å²) in [5, 5.41) is 18.7. The van der Waals surface area contributed by atoms with Gasteiger partial charge in [-0.15, -0.1) is 0 Å². The van der Waals surface area contributed by atoms with Crippen LogP contribution < -0.4 is 9.47 Å². The number of non-ortho nitro benzene ring substituents is 1. The van der Waals surface area contributed by atoms with E-state index in [1.807, 2.05) is 35.3 Å². The number of hydrogen-bond donors (Lipinski definition) is 0. The fourth-order valence-corrected chi connectivity index (χ4v) is 4.61. The van der Waals surface area contributed by atoms with Crippen molar-refractivity contribution < 1.29 is 14.4 Å². The normalized spacial score (nSPS) is 19.0. The molecule has 3 aromatic carbocycles.